The smallest absolute Gasteiger partial charge is 0.122 e. The lowest BCUT2D eigenvalue weighted by Crippen LogP contribution is -2.35. The minimum absolute atomic E-state index is 0.675. The summed E-state index contributed by atoms with van der Waals surface area (Å²) in [6, 6.07) is 9.32. The van der Waals surface area contributed by atoms with Crippen molar-refractivity contribution in [2.75, 3.05) is 13.7 Å². The molecule has 4 unspecified atom stereocenters. The lowest BCUT2D eigenvalue weighted by molar-refractivity contribution is 0.240. The Morgan fingerprint density at radius 3 is 2.80 bits per heavy atom. The Hall–Kier alpha value is -1.02. The highest BCUT2D eigenvalue weighted by molar-refractivity contribution is 5.37. The van der Waals surface area contributed by atoms with Gasteiger partial charge in [-0.1, -0.05) is 18.2 Å². The average molecular weight is 271 g/mol. The molecule has 2 aliphatic carbocycles. The minimum atomic E-state index is 0.675. The predicted octanol–water partition coefficient (Wildman–Crippen LogP) is 3.58. The molecule has 1 heterocycles. The molecule has 2 fully saturated rings. The van der Waals surface area contributed by atoms with Crippen LogP contribution >= 0.6 is 0 Å². The Labute approximate surface area is 121 Å². The van der Waals surface area contributed by atoms with Crippen molar-refractivity contribution in [1.29, 1.82) is 0 Å². The standard InChI is InChI=1S/C18H25NO/c1-19-17(15-9-13-8-14(13)10-15)11-12-6-7-20-18-5-3-2-4-16(12)18/h2-5,12-15,17,19H,6-11H2,1H3. The molecule has 0 saturated heterocycles. The highest BCUT2D eigenvalue weighted by atomic mass is 16.5. The van der Waals surface area contributed by atoms with E-state index in [0.717, 1.165) is 30.1 Å². The number of ether oxygens (including phenoxy) is 1. The van der Waals surface area contributed by atoms with Crippen LogP contribution in [0.25, 0.3) is 0 Å². The van der Waals surface area contributed by atoms with Gasteiger partial charge in [-0.05, 0) is 74.5 Å². The van der Waals surface area contributed by atoms with Crippen LogP contribution in [0.15, 0.2) is 24.3 Å². The molecule has 0 bridgehead atoms. The zero-order valence-electron chi connectivity index (χ0n) is 12.3. The predicted molar refractivity (Wildman–Crippen MR) is 81.1 cm³/mol. The second kappa shape index (κ2) is 5.07. The first-order valence-corrected chi connectivity index (χ1v) is 8.24. The van der Waals surface area contributed by atoms with Crippen molar-refractivity contribution >= 4 is 0 Å². The van der Waals surface area contributed by atoms with Crippen LogP contribution in [0.5, 0.6) is 5.75 Å². The maximum atomic E-state index is 5.80. The molecule has 4 atom stereocenters. The number of hydrogen-bond acceptors (Lipinski definition) is 2. The fourth-order valence-electron chi connectivity index (χ4n) is 4.60. The van der Waals surface area contributed by atoms with Gasteiger partial charge in [-0.25, -0.2) is 0 Å². The first kappa shape index (κ1) is 12.7. The highest BCUT2D eigenvalue weighted by Crippen LogP contribution is 2.55. The Morgan fingerprint density at radius 1 is 1.20 bits per heavy atom. The summed E-state index contributed by atoms with van der Waals surface area (Å²) in [5, 5.41) is 3.62. The van der Waals surface area contributed by atoms with Crippen molar-refractivity contribution in [3.63, 3.8) is 0 Å². The zero-order chi connectivity index (χ0) is 13.5. The molecule has 2 saturated carbocycles. The number of benzene rings is 1. The lowest BCUT2D eigenvalue weighted by Gasteiger charge is -2.32. The lowest BCUT2D eigenvalue weighted by atomic mass is 9.82. The summed E-state index contributed by atoms with van der Waals surface area (Å²) in [5.74, 6) is 4.87. The first-order chi connectivity index (χ1) is 9.85. The van der Waals surface area contributed by atoms with Gasteiger partial charge in [0.2, 0.25) is 0 Å². The molecule has 1 aliphatic heterocycles. The minimum Gasteiger partial charge on any atom is -0.493 e. The van der Waals surface area contributed by atoms with Gasteiger partial charge in [0.15, 0.2) is 0 Å². The fraction of sp³-hybridized carbons (Fsp3) is 0.667. The number of rotatable bonds is 4. The quantitative estimate of drug-likeness (QED) is 0.904. The molecule has 0 aromatic heterocycles. The van der Waals surface area contributed by atoms with E-state index in [4.69, 9.17) is 4.74 Å². The van der Waals surface area contributed by atoms with Gasteiger partial charge in [0.05, 0.1) is 6.61 Å². The van der Waals surface area contributed by atoms with E-state index in [2.05, 4.69) is 36.6 Å². The summed E-state index contributed by atoms with van der Waals surface area (Å²) in [5.41, 5.74) is 1.43. The highest BCUT2D eigenvalue weighted by Gasteiger charge is 2.47. The summed E-state index contributed by atoms with van der Waals surface area (Å²) in [4.78, 5) is 0. The third-order valence-corrected chi connectivity index (χ3v) is 5.84. The molecule has 0 radical (unpaired) electrons. The second-order valence-corrected chi connectivity index (χ2v) is 6.99. The van der Waals surface area contributed by atoms with Crippen molar-refractivity contribution in [1.82, 2.24) is 5.32 Å². The van der Waals surface area contributed by atoms with E-state index < -0.39 is 0 Å². The van der Waals surface area contributed by atoms with Crippen LogP contribution in [-0.2, 0) is 0 Å². The normalized spacial score (nSPS) is 35.9. The summed E-state index contributed by atoms with van der Waals surface area (Å²) in [7, 11) is 2.15. The number of fused-ring (bicyclic) bond motifs is 2. The van der Waals surface area contributed by atoms with Gasteiger partial charge in [0.1, 0.15) is 5.75 Å². The molecule has 108 valence electrons. The van der Waals surface area contributed by atoms with Crippen LogP contribution in [0.4, 0.5) is 0 Å². The van der Waals surface area contributed by atoms with Crippen molar-refractivity contribution in [2.45, 2.75) is 44.1 Å². The van der Waals surface area contributed by atoms with E-state index in [1.807, 2.05) is 0 Å². The van der Waals surface area contributed by atoms with Crippen LogP contribution in [0.1, 0.15) is 43.6 Å². The molecule has 3 aliphatic rings. The van der Waals surface area contributed by atoms with E-state index in [-0.39, 0.29) is 0 Å². The van der Waals surface area contributed by atoms with Crippen LogP contribution in [0.2, 0.25) is 0 Å². The third kappa shape index (κ3) is 2.24. The largest absolute Gasteiger partial charge is 0.493 e. The zero-order valence-corrected chi connectivity index (χ0v) is 12.3. The maximum Gasteiger partial charge on any atom is 0.122 e. The van der Waals surface area contributed by atoms with E-state index >= 15 is 0 Å². The first-order valence-electron chi connectivity index (χ1n) is 8.24. The molecule has 0 amide bonds. The molecular weight excluding hydrogens is 246 g/mol. The third-order valence-electron chi connectivity index (χ3n) is 5.84. The Kier molecular flexibility index (Phi) is 3.22. The van der Waals surface area contributed by atoms with Crippen LogP contribution in [-0.4, -0.2) is 19.7 Å². The van der Waals surface area contributed by atoms with Gasteiger partial charge < -0.3 is 10.1 Å². The van der Waals surface area contributed by atoms with E-state index in [1.165, 1.54) is 37.7 Å². The van der Waals surface area contributed by atoms with Gasteiger partial charge >= 0.3 is 0 Å². The number of hydrogen-bond donors (Lipinski definition) is 1. The van der Waals surface area contributed by atoms with Crippen LogP contribution in [0, 0.1) is 17.8 Å². The number of nitrogens with one attached hydrogen (secondary N) is 1. The monoisotopic (exact) mass is 271 g/mol. The van der Waals surface area contributed by atoms with Crippen molar-refractivity contribution in [3.05, 3.63) is 29.8 Å². The van der Waals surface area contributed by atoms with Gasteiger partial charge in [-0.2, -0.15) is 0 Å². The second-order valence-electron chi connectivity index (χ2n) is 6.99. The summed E-state index contributed by atoms with van der Waals surface area (Å²) in [6.07, 6.45) is 6.92. The van der Waals surface area contributed by atoms with Gasteiger partial charge in [0, 0.05) is 6.04 Å². The topological polar surface area (TPSA) is 21.3 Å². The molecule has 4 rings (SSSR count). The SMILES string of the molecule is CNC(CC1CCOc2ccccc21)C1CC2CC2C1. The summed E-state index contributed by atoms with van der Waals surface area (Å²) in [6.45, 7) is 0.883. The van der Waals surface area contributed by atoms with Crippen molar-refractivity contribution in [2.24, 2.45) is 17.8 Å². The molecular formula is C18H25NO. The maximum absolute atomic E-state index is 5.80. The Balaban J connectivity index is 1.47. The molecule has 1 aromatic rings. The molecule has 0 spiro atoms. The summed E-state index contributed by atoms with van der Waals surface area (Å²) < 4.78 is 5.80. The van der Waals surface area contributed by atoms with Gasteiger partial charge in [0.25, 0.3) is 0 Å². The van der Waals surface area contributed by atoms with Gasteiger partial charge in [-0.3, -0.25) is 0 Å². The van der Waals surface area contributed by atoms with Crippen molar-refractivity contribution < 1.29 is 4.74 Å². The molecule has 20 heavy (non-hydrogen) atoms. The Morgan fingerprint density at radius 2 is 2.00 bits per heavy atom. The number of para-hydroxylation sites is 1. The van der Waals surface area contributed by atoms with E-state index in [9.17, 15) is 0 Å². The average Bonchev–Trinajstić information content (AvgIpc) is 3.11. The molecule has 1 N–H and O–H groups in total. The molecule has 1 aromatic carbocycles. The van der Waals surface area contributed by atoms with E-state index in [0.29, 0.717) is 12.0 Å². The van der Waals surface area contributed by atoms with Crippen LogP contribution in [0.3, 0.4) is 0 Å². The van der Waals surface area contributed by atoms with Crippen molar-refractivity contribution in [3.8, 4) is 5.75 Å². The van der Waals surface area contributed by atoms with Crippen LogP contribution < -0.4 is 10.1 Å². The summed E-state index contributed by atoms with van der Waals surface area (Å²) >= 11 is 0. The van der Waals surface area contributed by atoms with E-state index in [1.54, 1.807) is 0 Å². The van der Waals surface area contributed by atoms with Gasteiger partial charge in [-0.15, -0.1) is 0 Å². The Bertz CT molecular complexity index is 476. The fourth-order valence-corrected chi connectivity index (χ4v) is 4.60. The molecule has 2 heteroatoms. The molecule has 2 nitrogen and oxygen atoms in total.